The highest BCUT2D eigenvalue weighted by Crippen LogP contribution is 2.23. The largest absolute Gasteiger partial charge is 0.383 e. The molecule has 1 atom stereocenters. The lowest BCUT2D eigenvalue weighted by atomic mass is 10.0. The molecule has 0 saturated heterocycles. The van der Waals surface area contributed by atoms with Gasteiger partial charge in [-0.15, -0.1) is 0 Å². The molecule has 0 spiro atoms. The minimum atomic E-state index is 0.466. The summed E-state index contributed by atoms with van der Waals surface area (Å²) in [6.07, 6.45) is 6.17. The van der Waals surface area contributed by atoms with Crippen molar-refractivity contribution in [2.24, 2.45) is 0 Å². The highest BCUT2D eigenvalue weighted by atomic mass is 16.5. The van der Waals surface area contributed by atoms with Gasteiger partial charge >= 0.3 is 0 Å². The SMILES string of the molecule is CNC(CCc1ccc2c(c1)CCC2)COC. The van der Waals surface area contributed by atoms with Crippen molar-refractivity contribution in [1.29, 1.82) is 0 Å². The van der Waals surface area contributed by atoms with Crippen LogP contribution < -0.4 is 5.32 Å². The molecule has 2 heteroatoms. The van der Waals surface area contributed by atoms with E-state index >= 15 is 0 Å². The molecule has 1 N–H and O–H groups in total. The number of ether oxygens (including phenoxy) is 1. The molecule has 0 radical (unpaired) electrons. The van der Waals surface area contributed by atoms with Gasteiger partial charge in [-0.3, -0.25) is 0 Å². The summed E-state index contributed by atoms with van der Waals surface area (Å²) >= 11 is 0. The van der Waals surface area contributed by atoms with E-state index in [2.05, 4.69) is 23.5 Å². The molecule has 0 bridgehead atoms. The van der Waals surface area contributed by atoms with E-state index in [0.29, 0.717) is 6.04 Å². The van der Waals surface area contributed by atoms with Gasteiger partial charge < -0.3 is 10.1 Å². The smallest absolute Gasteiger partial charge is 0.0615 e. The van der Waals surface area contributed by atoms with Crippen LogP contribution in [0.4, 0.5) is 0 Å². The van der Waals surface area contributed by atoms with Crippen molar-refractivity contribution in [1.82, 2.24) is 5.32 Å². The van der Waals surface area contributed by atoms with Crippen LogP contribution in [0.1, 0.15) is 29.5 Å². The van der Waals surface area contributed by atoms with Crippen LogP contribution in [0.25, 0.3) is 0 Å². The number of rotatable bonds is 6. The fourth-order valence-corrected chi connectivity index (χ4v) is 2.63. The summed E-state index contributed by atoms with van der Waals surface area (Å²) in [5.74, 6) is 0. The van der Waals surface area contributed by atoms with Gasteiger partial charge in [-0.25, -0.2) is 0 Å². The number of benzene rings is 1. The molecule has 94 valence electrons. The summed E-state index contributed by atoms with van der Waals surface area (Å²) in [4.78, 5) is 0. The Morgan fingerprint density at radius 1 is 1.29 bits per heavy atom. The Balaban J connectivity index is 1.90. The Hall–Kier alpha value is -0.860. The first kappa shape index (κ1) is 12.6. The number of fused-ring (bicyclic) bond motifs is 1. The predicted octanol–water partition coefficient (Wildman–Crippen LogP) is 2.34. The van der Waals surface area contributed by atoms with Crippen LogP contribution in [0.3, 0.4) is 0 Å². The lowest BCUT2D eigenvalue weighted by molar-refractivity contribution is 0.166. The molecule has 1 aliphatic rings. The zero-order valence-corrected chi connectivity index (χ0v) is 11.0. The maximum Gasteiger partial charge on any atom is 0.0615 e. The number of aryl methyl sites for hydroxylation is 3. The Kier molecular flexibility index (Phi) is 4.57. The molecule has 17 heavy (non-hydrogen) atoms. The van der Waals surface area contributed by atoms with E-state index in [1.807, 2.05) is 7.05 Å². The van der Waals surface area contributed by atoms with E-state index in [9.17, 15) is 0 Å². The minimum absolute atomic E-state index is 0.466. The molecule has 1 unspecified atom stereocenters. The molecule has 2 rings (SSSR count). The Bertz CT molecular complexity index is 362. The first-order valence-corrected chi connectivity index (χ1v) is 6.60. The molecule has 0 saturated carbocycles. The third-order valence-corrected chi connectivity index (χ3v) is 3.72. The van der Waals surface area contributed by atoms with Crippen molar-refractivity contribution in [2.45, 2.75) is 38.1 Å². The Labute approximate surface area is 104 Å². The van der Waals surface area contributed by atoms with Crippen LogP contribution in [0.15, 0.2) is 18.2 Å². The zero-order valence-electron chi connectivity index (χ0n) is 11.0. The van der Waals surface area contributed by atoms with E-state index in [1.54, 1.807) is 18.2 Å². The predicted molar refractivity (Wildman–Crippen MR) is 71.5 cm³/mol. The van der Waals surface area contributed by atoms with E-state index in [-0.39, 0.29) is 0 Å². The van der Waals surface area contributed by atoms with Gasteiger partial charge in [0.25, 0.3) is 0 Å². The molecule has 0 aromatic heterocycles. The van der Waals surface area contributed by atoms with Crippen LogP contribution in [-0.2, 0) is 24.0 Å². The number of hydrogen-bond donors (Lipinski definition) is 1. The van der Waals surface area contributed by atoms with Gasteiger partial charge in [-0.1, -0.05) is 18.2 Å². The first-order valence-electron chi connectivity index (χ1n) is 6.60. The van der Waals surface area contributed by atoms with Crippen LogP contribution in [0.5, 0.6) is 0 Å². The topological polar surface area (TPSA) is 21.3 Å². The molecular formula is C15H23NO. The van der Waals surface area contributed by atoms with Crippen molar-refractivity contribution in [3.05, 3.63) is 34.9 Å². The summed E-state index contributed by atoms with van der Waals surface area (Å²) in [6.45, 7) is 0.793. The van der Waals surface area contributed by atoms with Gasteiger partial charge in [0, 0.05) is 13.2 Å². The highest BCUT2D eigenvalue weighted by Gasteiger charge is 2.11. The average molecular weight is 233 g/mol. The molecule has 1 aromatic rings. The van der Waals surface area contributed by atoms with E-state index in [1.165, 1.54) is 24.8 Å². The monoisotopic (exact) mass is 233 g/mol. The molecule has 0 heterocycles. The maximum atomic E-state index is 5.19. The van der Waals surface area contributed by atoms with Gasteiger partial charge in [0.05, 0.1) is 6.61 Å². The van der Waals surface area contributed by atoms with Crippen molar-refractivity contribution >= 4 is 0 Å². The zero-order chi connectivity index (χ0) is 12.1. The van der Waals surface area contributed by atoms with Crippen molar-refractivity contribution in [3.8, 4) is 0 Å². The number of methoxy groups -OCH3 is 1. The van der Waals surface area contributed by atoms with E-state index < -0.39 is 0 Å². The van der Waals surface area contributed by atoms with E-state index in [4.69, 9.17) is 4.74 Å². The van der Waals surface area contributed by atoms with Crippen LogP contribution >= 0.6 is 0 Å². The standard InChI is InChI=1S/C15H23NO/c1-16-15(11-17-2)9-7-12-6-8-13-4-3-5-14(13)10-12/h6,8,10,15-16H,3-5,7,9,11H2,1-2H3. The molecule has 0 amide bonds. The lowest BCUT2D eigenvalue weighted by Crippen LogP contribution is -2.30. The van der Waals surface area contributed by atoms with Crippen LogP contribution in [0, 0.1) is 0 Å². The second-order valence-electron chi connectivity index (χ2n) is 4.94. The third kappa shape index (κ3) is 3.30. The maximum absolute atomic E-state index is 5.19. The second-order valence-corrected chi connectivity index (χ2v) is 4.94. The number of hydrogen-bond acceptors (Lipinski definition) is 2. The molecule has 1 aromatic carbocycles. The Morgan fingerprint density at radius 2 is 2.12 bits per heavy atom. The second kappa shape index (κ2) is 6.18. The summed E-state index contributed by atoms with van der Waals surface area (Å²) in [6, 6.07) is 7.49. The normalized spacial score (nSPS) is 15.9. The van der Waals surface area contributed by atoms with E-state index in [0.717, 1.165) is 19.4 Å². The van der Waals surface area contributed by atoms with Gasteiger partial charge in [-0.05, 0) is 55.8 Å². The number of nitrogens with one attached hydrogen (secondary N) is 1. The fraction of sp³-hybridized carbons (Fsp3) is 0.600. The minimum Gasteiger partial charge on any atom is -0.383 e. The van der Waals surface area contributed by atoms with Crippen molar-refractivity contribution in [2.75, 3.05) is 20.8 Å². The third-order valence-electron chi connectivity index (χ3n) is 3.72. The quantitative estimate of drug-likeness (QED) is 0.814. The number of likely N-dealkylation sites (N-methyl/N-ethyl adjacent to an activating group) is 1. The Morgan fingerprint density at radius 3 is 2.88 bits per heavy atom. The van der Waals surface area contributed by atoms with Crippen LogP contribution in [0.2, 0.25) is 0 Å². The first-order chi connectivity index (χ1) is 8.33. The molecule has 0 fully saturated rings. The summed E-state index contributed by atoms with van der Waals surface area (Å²) in [5, 5.41) is 3.30. The lowest BCUT2D eigenvalue weighted by Gasteiger charge is -2.15. The average Bonchev–Trinajstić information content (AvgIpc) is 2.81. The van der Waals surface area contributed by atoms with Gasteiger partial charge in [0.1, 0.15) is 0 Å². The summed E-state index contributed by atoms with van der Waals surface area (Å²) in [7, 11) is 3.77. The summed E-state index contributed by atoms with van der Waals surface area (Å²) in [5.41, 5.74) is 4.62. The molecule has 0 aliphatic heterocycles. The fourth-order valence-electron chi connectivity index (χ4n) is 2.63. The van der Waals surface area contributed by atoms with Gasteiger partial charge in [0.15, 0.2) is 0 Å². The summed E-state index contributed by atoms with van der Waals surface area (Å²) < 4.78 is 5.19. The molecule has 2 nitrogen and oxygen atoms in total. The van der Waals surface area contributed by atoms with Crippen molar-refractivity contribution < 1.29 is 4.74 Å². The van der Waals surface area contributed by atoms with Gasteiger partial charge in [0.2, 0.25) is 0 Å². The highest BCUT2D eigenvalue weighted by molar-refractivity contribution is 5.35. The molecule has 1 aliphatic carbocycles. The van der Waals surface area contributed by atoms with Crippen molar-refractivity contribution in [3.63, 3.8) is 0 Å². The van der Waals surface area contributed by atoms with Gasteiger partial charge in [-0.2, -0.15) is 0 Å². The molecular weight excluding hydrogens is 210 g/mol. The van der Waals surface area contributed by atoms with Crippen LogP contribution in [-0.4, -0.2) is 26.8 Å².